The van der Waals surface area contributed by atoms with E-state index >= 15 is 0 Å². The Hall–Kier alpha value is -10.1. The van der Waals surface area contributed by atoms with Crippen molar-refractivity contribution in [1.82, 2.24) is 0 Å². The number of carbonyl (C=O) groups is 6. The Kier molecular flexibility index (Phi) is 22.0. The molecule has 0 radical (unpaired) electrons. The number of nitro groups is 2. The molecule has 23 nitrogen and oxygen atoms in total. The fraction of sp³-hybridized carbons (Fsp3) is 0.0870. The summed E-state index contributed by atoms with van der Waals surface area (Å²) in [4.78, 5) is 81.5. The van der Waals surface area contributed by atoms with Gasteiger partial charge in [0.25, 0.3) is 0 Å². The van der Waals surface area contributed by atoms with Gasteiger partial charge in [-0.2, -0.15) is 0 Å². The number of para-hydroxylation sites is 1. The van der Waals surface area contributed by atoms with Crippen LogP contribution in [-0.4, -0.2) is 102 Å². The number of carboxylic acids is 6. The Labute approximate surface area is 388 Å². The molecule has 0 bridgehead atoms. The average Bonchev–Trinajstić information content (AvgIpc) is 3.27. The Balaban J connectivity index is 0.000000416. The summed E-state index contributed by atoms with van der Waals surface area (Å²) in [6, 6.07) is 26.8. The molecule has 0 spiro atoms. The number of aryl methyl sites for hydroxylation is 4. The molecule has 0 aliphatic carbocycles. The van der Waals surface area contributed by atoms with Crippen molar-refractivity contribution in [1.29, 1.82) is 0 Å². The van der Waals surface area contributed by atoms with Gasteiger partial charge in [-0.05, 0) is 117 Å². The maximum Gasteiger partial charge on any atom is 0.339 e. The number of phenols is 5. The predicted molar refractivity (Wildman–Crippen MR) is 241 cm³/mol. The van der Waals surface area contributed by atoms with Gasteiger partial charge in [0.05, 0.1) is 26.5 Å². The maximum absolute atomic E-state index is 10.6. The van der Waals surface area contributed by atoms with Crippen molar-refractivity contribution >= 4 is 47.2 Å². The van der Waals surface area contributed by atoms with Crippen molar-refractivity contribution in [2.45, 2.75) is 27.7 Å². The Morgan fingerprint density at radius 2 is 0.797 bits per heavy atom. The minimum absolute atomic E-state index is 0.0279. The Morgan fingerprint density at radius 3 is 1.13 bits per heavy atom. The fourth-order valence-electron chi connectivity index (χ4n) is 4.90. The van der Waals surface area contributed by atoms with Gasteiger partial charge in [-0.15, -0.1) is 0 Å². The summed E-state index contributed by atoms with van der Waals surface area (Å²) in [5.41, 5.74) is 0.917. The summed E-state index contributed by atoms with van der Waals surface area (Å²) in [7, 11) is 0. The van der Waals surface area contributed by atoms with Gasteiger partial charge in [-0.3, -0.25) is 20.2 Å². The van der Waals surface area contributed by atoms with E-state index in [0.717, 1.165) is 17.7 Å². The quantitative estimate of drug-likeness (QED) is 0.0510. The van der Waals surface area contributed by atoms with Crippen molar-refractivity contribution in [2.75, 3.05) is 0 Å². The molecule has 0 aliphatic rings. The van der Waals surface area contributed by atoms with Crippen LogP contribution in [0, 0.1) is 47.9 Å². The molecular weight excluding hydrogens is 916 g/mol. The molecule has 362 valence electrons. The molecule has 0 saturated heterocycles. The van der Waals surface area contributed by atoms with Gasteiger partial charge in [0.2, 0.25) is 11.5 Å². The van der Waals surface area contributed by atoms with E-state index in [1.54, 1.807) is 43.3 Å². The molecule has 69 heavy (non-hydrogen) atoms. The van der Waals surface area contributed by atoms with Gasteiger partial charge in [-0.25, -0.2) is 28.8 Å². The first-order valence-electron chi connectivity index (χ1n) is 18.9. The lowest BCUT2D eigenvalue weighted by Crippen LogP contribution is -2.00. The van der Waals surface area contributed by atoms with Crippen molar-refractivity contribution in [2.24, 2.45) is 0 Å². The smallest absolute Gasteiger partial charge is 0.339 e. The number of hydrogen-bond donors (Lipinski definition) is 11. The lowest BCUT2D eigenvalue weighted by atomic mass is 10.1. The Morgan fingerprint density at radius 1 is 0.391 bits per heavy atom. The summed E-state index contributed by atoms with van der Waals surface area (Å²) in [5, 5.41) is 117. The van der Waals surface area contributed by atoms with E-state index in [1.165, 1.54) is 80.6 Å². The van der Waals surface area contributed by atoms with Crippen LogP contribution in [0.1, 0.15) is 84.4 Å². The summed E-state index contributed by atoms with van der Waals surface area (Å²) in [5.74, 6) is -8.52. The zero-order valence-electron chi connectivity index (χ0n) is 36.4. The molecule has 0 heterocycles. The monoisotopic (exact) mass is 958 g/mol. The van der Waals surface area contributed by atoms with E-state index < -0.39 is 79.7 Å². The number of carboxylic acid groups (broad SMARTS) is 6. The van der Waals surface area contributed by atoms with Crippen LogP contribution in [0.4, 0.5) is 11.4 Å². The third-order valence-electron chi connectivity index (χ3n) is 8.29. The van der Waals surface area contributed by atoms with Crippen LogP contribution in [0.15, 0.2) is 115 Å². The molecule has 0 fully saturated rings. The lowest BCUT2D eigenvalue weighted by Gasteiger charge is -2.01. The lowest BCUT2D eigenvalue weighted by molar-refractivity contribution is -0.386. The third-order valence-corrected chi connectivity index (χ3v) is 8.29. The molecule has 0 atom stereocenters. The van der Waals surface area contributed by atoms with E-state index in [-0.39, 0.29) is 33.9 Å². The predicted octanol–water partition coefficient (Wildman–Crippen LogP) is 7.89. The Bertz CT molecular complexity index is 2710. The zero-order valence-corrected chi connectivity index (χ0v) is 36.4. The highest BCUT2D eigenvalue weighted by Gasteiger charge is 2.23. The highest BCUT2D eigenvalue weighted by Crippen LogP contribution is 2.32. The zero-order chi connectivity index (χ0) is 52.9. The van der Waals surface area contributed by atoms with Crippen LogP contribution in [0.25, 0.3) is 0 Å². The molecule has 23 heteroatoms. The van der Waals surface area contributed by atoms with Crippen LogP contribution in [0.3, 0.4) is 0 Å². The van der Waals surface area contributed by atoms with E-state index in [4.69, 9.17) is 46.0 Å². The molecular formula is C46H42N2O21. The van der Waals surface area contributed by atoms with E-state index in [0.29, 0.717) is 22.3 Å². The minimum atomic E-state index is -1.39. The molecule has 0 aliphatic heterocycles. The molecule has 6 aromatic rings. The van der Waals surface area contributed by atoms with Gasteiger partial charge in [0, 0.05) is 12.1 Å². The summed E-state index contributed by atoms with van der Waals surface area (Å²) < 4.78 is 0. The van der Waals surface area contributed by atoms with Crippen LogP contribution < -0.4 is 0 Å². The largest absolute Gasteiger partial charge is 0.508 e. The number of phenolic OH excluding ortho intramolecular Hbond substituents is 2. The van der Waals surface area contributed by atoms with Crippen LogP contribution in [-0.2, 0) is 0 Å². The minimum Gasteiger partial charge on any atom is -0.508 e. The van der Waals surface area contributed by atoms with Crippen molar-refractivity contribution in [3.8, 4) is 28.7 Å². The maximum atomic E-state index is 10.6. The first-order valence-corrected chi connectivity index (χ1v) is 18.9. The highest BCUT2D eigenvalue weighted by atomic mass is 16.6. The number of benzene rings is 6. The van der Waals surface area contributed by atoms with Crippen molar-refractivity contribution in [3.63, 3.8) is 0 Å². The summed E-state index contributed by atoms with van der Waals surface area (Å²) in [6.07, 6.45) is 0. The van der Waals surface area contributed by atoms with E-state index in [9.17, 15) is 59.2 Å². The second-order valence-corrected chi connectivity index (χ2v) is 13.6. The van der Waals surface area contributed by atoms with E-state index in [2.05, 4.69) is 0 Å². The third kappa shape index (κ3) is 18.9. The van der Waals surface area contributed by atoms with Gasteiger partial charge in [0.1, 0.15) is 33.9 Å². The molecule has 0 amide bonds. The molecule has 6 aromatic carbocycles. The van der Waals surface area contributed by atoms with Crippen LogP contribution in [0.2, 0.25) is 0 Å². The number of hydrogen-bond acceptors (Lipinski definition) is 15. The topological polar surface area (TPSA) is 411 Å². The SMILES string of the molecule is Cc1cc(C(=O)O)c(O)c([N+](=O)[O-])c1.Cc1cc(C(=O)O)c(O)c([N+](=O)[O-])c1.Cc1cc(C(=O)O)ccc1O.Cc1ccc(C(=O)O)cc1.O=C(O)c1cccc(O)c1.O=C(O)c1ccccc1O. The summed E-state index contributed by atoms with van der Waals surface area (Å²) in [6.45, 7) is 6.60. The van der Waals surface area contributed by atoms with Crippen LogP contribution in [0.5, 0.6) is 28.7 Å². The second kappa shape index (κ2) is 26.7. The molecule has 6 rings (SSSR count). The number of aromatic carboxylic acids is 6. The number of nitrogens with zero attached hydrogens (tertiary/aromatic N) is 2. The fourth-order valence-corrected chi connectivity index (χ4v) is 4.90. The molecule has 0 saturated carbocycles. The summed E-state index contributed by atoms with van der Waals surface area (Å²) >= 11 is 0. The van der Waals surface area contributed by atoms with Gasteiger partial charge < -0.3 is 56.2 Å². The molecule has 0 unspecified atom stereocenters. The number of aromatic hydroxyl groups is 5. The van der Waals surface area contributed by atoms with Crippen molar-refractivity contribution < 1.29 is 94.8 Å². The second-order valence-electron chi connectivity index (χ2n) is 13.6. The highest BCUT2D eigenvalue weighted by molar-refractivity contribution is 5.94. The van der Waals surface area contributed by atoms with Gasteiger partial charge >= 0.3 is 47.2 Å². The first kappa shape index (κ1) is 57.0. The number of nitro benzene ring substituents is 2. The van der Waals surface area contributed by atoms with Crippen LogP contribution >= 0.6 is 0 Å². The van der Waals surface area contributed by atoms with Gasteiger partial charge in [0.15, 0.2) is 0 Å². The molecule has 0 aromatic heterocycles. The normalized spacial score (nSPS) is 9.51. The number of rotatable bonds is 8. The van der Waals surface area contributed by atoms with E-state index in [1.807, 2.05) is 6.92 Å². The standard InChI is InChI=1S/2C8H7NO5.C8H8O3.C8H8O2.2C7H6O3/c2*1-4-2-5(8(11)12)7(10)6(3-4)9(13)14;1-5-4-6(8(10)11)2-3-7(5)9;1-6-2-4-7(5-3-6)8(9)10;8-6-3-1-2-5(4-6)7(9)10;8-6-4-2-1-3-5(6)7(9)10/h2*2-3,10H,1H3,(H,11,12);2-4,9H,1H3,(H,10,11);2-5H,1H3,(H,9,10);2*1-4,8H,(H,9,10). The average molecular weight is 959 g/mol. The molecule has 11 N–H and O–H groups in total. The van der Waals surface area contributed by atoms with Crippen molar-refractivity contribution in [3.05, 3.63) is 191 Å². The first-order chi connectivity index (χ1) is 32.1. The van der Waals surface area contributed by atoms with Gasteiger partial charge in [-0.1, -0.05) is 35.9 Å².